The summed E-state index contributed by atoms with van der Waals surface area (Å²) in [5.74, 6) is 1.66. The average molecular weight is 602 g/mol. The fourth-order valence-electron chi connectivity index (χ4n) is 12.8. The molecule has 0 saturated heterocycles. The number of carboxylic acids is 1. The molecule has 5 aliphatic rings. The SMILES string of the molecule is C=C(C)[C@@H]1CC[C@]2(C(=O)NCCO)CC[C@]3(C)C(CCC4[C@@]5(C)CC=C(c6ccc(C(=O)O)cc6)C(C)(C)C5CC[C@]43C)C12. The van der Waals surface area contributed by atoms with Gasteiger partial charge in [-0.15, -0.1) is 0 Å². The van der Waals surface area contributed by atoms with Gasteiger partial charge in [0.1, 0.15) is 0 Å². The first-order valence-corrected chi connectivity index (χ1v) is 17.3. The van der Waals surface area contributed by atoms with E-state index in [1.54, 1.807) is 12.1 Å². The zero-order valence-electron chi connectivity index (χ0n) is 28.0. The number of carbonyl (C=O) groups excluding carboxylic acids is 1. The summed E-state index contributed by atoms with van der Waals surface area (Å²) in [5.41, 5.74) is 4.29. The smallest absolute Gasteiger partial charge is 0.335 e. The highest BCUT2D eigenvalue weighted by atomic mass is 16.4. The summed E-state index contributed by atoms with van der Waals surface area (Å²) in [6.45, 7) is 19.6. The summed E-state index contributed by atoms with van der Waals surface area (Å²) in [6, 6.07) is 7.50. The van der Waals surface area contributed by atoms with Gasteiger partial charge in [-0.25, -0.2) is 4.79 Å². The van der Waals surface area contributed by atoms with E-state index in [0.717, 1.165) is 37.7 Å². The molecular formula is C39H55NO4. The van der Waals surface area contributed by atoms with Crippen LogP contribution in [0, 0.1) is 56.7 Å². The van der Waals surface area contributed by atoms with Gasteiger partial charge in [-0.3, -0.25) is 4.79 Å². The Bertz CT molecular complexity index is 1380. The predicted molar refractivity (Wildman–Crippen MR) is 176 cm³/mol. The quantitative estimate of drug-likeness (QED) is 0.287. The first kappa shape index (κ1) is 31.6. The van der Waals surface area contributed by atoms with E-state index in [1.807, 2.05) is 12.1 Å². The van der Waals surface area contributed by atoms with Crippen LogP contribution in [-0.4, -0.2) is 35.2 Å². The highest BCUT2D eigenvalue weighted by Crippen LogP contribution is 2.77. The molecule has 4 fully saturated rings. The predicted octanol–water partition coefficient (Wildman–Crippen LogP) is 8.14. The Balaban J connectivity index is 1.35. The molecule has 0 spiro atoms. The van der Waals surface area contributed by atoms with Crippen molar-refractivity contribution in [2.45, 2.75) is 99.3 Å². The number of aliphatic hydroxyl groups is 1. The van der Waals surface area contributed by atoms with E-state index in [2.05, 4.69) is 59.5 Å². The van der Waals surface area contributed by atoms with Crippen LogP contribution in [0.25, 0.3) is 5.57 Å². The third kappa shape index (κ3) is 4.19. The van der Waals surface area contributed by atoms with Crippen molar-refractivity contribution in [3.05, 3.63) is 53.6 Å². The molecule has 5 aliphatic carbocycles. The van der Waals surface area contributed by atoms with E-state index in [0.29, 0.717) is 41.7 Å². The van der Waals surface area contributed by atoms with Gasteiger partial charge >= 0.3 is 5.97 Å². The largest absolute Gasteiger partial charge is 0.478 e. The molecular weight excluding hydrogens is 546 g/mol. The third-order valence-corrected chi connectivity index (χ3v) is 14.9. The summed E-state index contributed by atoms with van der Waals surface area (Å²) in [7, 11) is 0. The van der Waals surface area contributed by atoms with Crippen molar-refractivity contribution in [2.24, 2.45) is 56.7 Å². The van der Waals surface area contributed by atoms with Crippen LogP contribution >= 0.6 is 0 Å². The number of rotatable bonds is 6. The van der Waals surface area contributed by atoms with Crippen LogP contribution in [0.2, 0.25) is 0 Å². The number of carbonyl (C=O) groups is 2. The molecule has 0 aliphatic heterocycles. The minimum absolute atomic E-state index is 0.0141. The molecule has 4 saturated carbocycles. The molecule has 0 radical (unpaired) electrons. The fourth-order valence-corrected chi connectivity index (χ4v) is 12.8. The molecule has 1 aromatic rings. The number of hydrogen-bond acceptors (Lipinski definition) is 3. The van der Waals surface area contributed by atoms with Crippen LogP contribution in [0.5, 0.6) is 0 Å². The number of carboxylic acid groups (broad SMARTS) is 1. The van der Waals surface area contributed by atoms with E-state index in [-0.39, 0.29) is 39.6 Å². The normalized spacial score (nSPS) is 42.2. The first-order chi connectivity index (χ1) is 20.7. The summed E-state index contributed by atoms with van der Waals surface area (Å²) in [4.78, 5) is 25.4. The van der Waals surface area contributed by atoms with Crippen molar-refractivity contribution in [2.75, 3.05) is 13.2 Å². The van der Waals surface area contributed by atoms with Crippen LogP contribution < -0.4 is 5.32 Å². The topological polar surface area (TPSA) is 86.6 Å². The number of hydrogen-bond donors (Lipinski definition) is 3. The number of fused-ring (bicyclic) bond motifs is 7. The van der Waals surface area contributed by atoms with E-state index in [4.69, 9.17) is 0 Å². The van der Waals surface area contributed by atoms with E-state index in [1.165, 1.54) is 36.8 Å². The molecule has 4 unspecified atom stereocenters. The molecule has 5 heteroatoms. The van der Waals surface area contributed by atoms with Crippen LogP contribution in [0.3, 0.4) is 0 Å². The number of aromatic carboxylic acids is 1. The lowest BCUT2D eigenvalue weighted by Gasteiger charge is -2.72. The number of aliphatic hydroxyl groups excluding tert-OH is 1. The summed E-state index contributed by atoms with van der Waals surface area (Å²) in [6.07, 6.45) is 12.4. The third-order valence-electron chi connectivity index (χ3n) is 14.9. The van der Waals surface area contributed by atoms with Crippen molar-refractivity contribution >= 4 is 17.4 Å². The summed E-state index contributed by atoms with van der Waals surface area (Å²) < 4.78 is 0. The lowest BCUT2D eigenvalue weighted by Crippen LogP contribution is -2.66. The van der Waals surface area contributed by atoms with Gasteiger partial charge in [-0.05, 0) is 139 Å². The number of allylic oxidation sites excluding steroid dienone is 3. The maximum atomic E-state index is 13.9. The van der Waals surface area contributed by atoms with Gasteiger partial charge in [0.2, 0.25) is 5.91 Å². The Morgan fingerprint density at radius 1 is 0.909 bits per heavy atom. The lowest BCUT2D eigenvalue weighted by molar-refractivity contribution is -0.225. The Morgan fingerprint density at radius 2 is 1.61 bits per heavy atom. The minimum Gasteiger partial charge on any atom is -0.478 e. The Morgan fingerprint density at radius 3 is 2.25 bits per heavy atom. The van der Waals surface area contributed by atoms with Crippen molar-refractivity contribution < 1.29 is 19.8 Å². The maximum Gasteiger partial charge on any atom is 0.335 e. The van der Waals surface area contributed by atoms with Gasteiger partial charge in [0.25, 0.3) is 0 Å². The second-order valence-electron chi connectivity index (χ2n) is 16.7. The summed E-state index contributed by atoms with van der Waals surface area (Å²) >= 11 is 0. The van der Waals surface area contributed by atoms with Gasteiger partial charge < -0.3 is 15.5 Å². The zero-order valence-corrected chi connectivity index (χ0v) is 28.0. The zero-order chi connectivity index (χ0) is 31.9. The highest BCUT2D eigenvalue weighted by Gasteiger charge is 2.71. The number of benzene rings is 1. The maximum absolute atomic E-state index is 13.9. The molecule has 1 aromatic carbocycles. The molecule has 0 bridgehead atoms. The Kier molecular flexibility index (Phi) is 7.59. The fraction of sp³-hybridized carbons (Fsp3) is 0.692. The lowest BCUT2D eigenvalue weighted by atomic mass is 9.32. The van der Waals surface area contributed by atoms with Crippen molar-refractivity contribution in [3.63, 3.8) is 0 Å². The van der Waals surface area contributed by atoms with Gasteiger partial charge in [0, 0.05) is 6.54 Å². The van der Waals surface area contributed by atoms with Crippen LogP contribution in [0.1, 0.15) is 115 Å². The molecule has 240 valence electrons. The van der Waals surface area contributed by atoms with Gasteiger partial charge in [0.05, 0.1) is 17.6 Å². The molecule has 6 rings (SSSR count). The van der Waals surface area contributed by atoms with Crippen molar-refractivity contribution in [3.8, 4) is 0 Å². The molecule has 44 heavy (non-hydrogen) atoms. The molecule has 5 nitrogen and oxygen atoms in total. The van der Waals surface area contributed by atoms with Gasteiger partial charge in [-0.2, -0.15) is 0 Å². The molecule has 0 aromatic heterocycles. The average Bonchev–Trinajstić information content (AvgIpc) is 3.37. The van der Waals surface area contributed by atoms with Crippen molar-refractivity contribution in [1.82, 2.24) is 5.32 Å². The molecule has 9 atom stereocenters. The monoisotopic (exact) mass is 601 g/mol. The van der Waals surface area contributed by atoms with E-state index >= 15 is 0 Å². The highest BCUT2D eigenvalue weighted by molar-refractivity contribution is 5.88. The second-order valence-corrected chi connectivity index (χ2v) is 16.7. The van der Waals surface area contributed by atoms with E-state index < -0.39 is 5.97 Å². The Labute approximate surface area is 265 Å². The minimum atomic E-state index is -0.880. The number of amides is 1. The summed E-state index contributed by atoms with van der Waals surface area (Å²) in [5, 5.41) is 22.1. The molecule has 3 N–H and O–H groups in total. The van der Waals surface area contributed by atoms with Gasteiger partial charge in [-0.1, -0.05) is 65.0 Å². The second kappa shape index (κ2) is 10.6. The first-order valence-electron chi connectivity index (χ1n) is 17.3. The van der Waals surface area contributed by atoms with Crippen LogP contribution in [0.15, 0.2) is 42.5 Å². The van der Waals surface area contributed by atoms with Gasteiger partial charge in [0.15, 0.2) is 0 Å². The van der Waals surface area contributed by atoms with Crippen molar-refractivity contribution in [1.29, 1.82) is 0 Å². The van der Waals surface area contributed by atoms with E-state index in [9.17, 15) is 19.8 Å². The molecule has 1 amide bonds. The van der Waals surface area contributed by atoms with Crippen LogP contribution in [0.4, 0.5) is 0 Å². The van der Waals surface area contributed by atoms with Crippen LogP contribution in [-0.2, 0) is 4.79 Å². The molecule has 0 heterocycles. The Hall–Kier alpha value is -2.40. The standard InChI is InChI=1S/C39H55NO4/c1-24(2)27-14-19-39(34(44)40-22-23-41)21-20-37(6)29(32(27)39)12-13-31-36(5)17-15-28(25-8-10-26(11-9-25)33(42)43)35(3,4)30(36)16-18-38(31,37)7/h8-11,15,27,29-32,41H,1,12-14,16-23H2,2-7H3,(H,40,44)(H,42,43)/t27-,29?,30?,31?,32?,36-,37+,38+,39-/m0/s1. The number of nitrogens with one attached hydrogen (secondary N) is 1.